The number of likely N-dealkylation sites (tertiary alicyclic amines) is 1. The van der Waals surface area contributed by atoms with Crippen LogP contribution in [-0.4, -0.2) is 56.6 Å². The Hall–Kier alpha value is -2.77. The van der Waals surface area contributed by atoms with Gasteiger partial charge in [-0.3, -0.25) is 9.59 Å². The first-order chi connectivity index (χ1) is 10.7. The number of benzene rings is 1. The van der Waals surface area contributed by atoms with Gasteiger partial charge in [0.25, 0.3) is 5.91 Å². The minimum absolute atomic E-state index is 0.0366. The van der Waals surface area contributed by atoms with Crippen LogP contribution < -0.4 is 5.32 Å². The van der Waals surface area contributed by atoms with Gasteiger partial charge in [0.05, 0.1) is 11.6 Å². The first-order valence-electron chi connectivity index (χ1n) is 7.13. The summed E-state index contributed by atoms with van der Waals surface area (Å²) in [5.74, 6) is 0.223. The molecule has 1 N–H and O–H groups in total. The van der Waals surface area contributed by atoms with Crippen LogP contribution in [0.1, 0.15) is 10.4 Å². The maximum absolute atomic E-state index is 12.5. The predicted molar refractivity (Wildman–Crippen MR) is 75.0 cm³/mol. The Balaban J connectivity index is 1.50. The van der Waals surface area contributed by atoms with Crippen LogP contribution in [0.4, 0.5) is 0 Å². The molecule has 8 nitrogen and oxygen atoms in total. The maximum Gasteiger partial charge on any atom is 0.253 e. The number of carbonyl (C=O) groups excluding carboxylic acids is 2. The zero-order valence-corrected chi connectivity index (χ0v) is 11.7. The van der Waals surface area contributed by atoms with E-state index >= 15 is 0 Å². The third-order valence-corrected chi connectivity index (χ3v) is 4.33. The quantitative estimate of drug-likeness (QED) is 0.805. The van der Waals surface area contributed by atoms with Crippen molar-refractivity contribution in [3.05, 3.63) is 36.2 Å². The van der Waals surface area contributed by atoms with Crippen LogP contribution in [0.5, 0.6) is 0 Å². The molecule has 112 valence electrons. The Morgan fingerprint density at radius 2 is 2.05 bits per heavy atom. The van der Waals surface area contributed by atoms with Gasteiger partial charge in [0.1, 0.15) is 6.33 Å². The molecule has 1 aromatic carbocycles. The Morgan fingerprint density at radius 1 is 1.23 bits per heavy atom. The van der Waals surface area contributed by atoms with E-state index in [1.54, 1.807) is 29.2 Å². The number of carbonyl (C=O) groups is 2. The highest BCUT2D eigenvalue weighted by molar-refractivity contribution is 5.95. The van der Waals surface area contributed by atoms with Crippen LogP contribution in [0, 0.1) is 11.8 Å². The molecule has 22 heavy (non-hydrogen) atoms. The molecule has 2 aliphatic rings. The summed E-state index contributed by atoms with van der Waals surface area (Å²) in [4.78, 5) is 26.0. The van der Waals surface area contributed by atoms with Crippen molar-refractivity contribution in [1.82, 2.24) is 30.4 Å². The fourth-order valence-corrected chi connectivity index (χ4v) is 3.12. The van der Waals surface area contributed by atoms with E-state index in [0.29, 0.717) is 25.2 Å². The van der Waals surface area contributed by atoms with Crippen LogP contribution in [0.15, 0.2) is 30.6 Å². The Morgan fingerprint density at radius 3 is 2.73 bits per heavy atom. The second kappa shape index (κ2) is 4.90. The zero-order valence-electron chi connectivity index (χ0n) is 11.7. The average molecular weight is 298 g/mol. The van der Waals surface area contributed by atoms with E-state index in [0.717, 1.165) is 5.69 Å². The molecule has 0 spiro atoms. The summed E-state index contributed by atoms with van der Waals surface area (Å²) in [5.41, 5.74) is 1.40. The number of tetrazole rings is 1. The molecule has 8 heteroatoms. The van der Waals surface area contributed by atoms with Gasteiger partial charge < -0.3 is 10.2 Å². The lowest BCUT2D eigenvalue weighted by molar-refractivity contribution is -0.122. The number of aromatic nitrogens is 4. The van der Waals surface area contributed by atoms with E-state index in [1.807, 2.05) is 0 Å². The number of amides is 2. The minimum atomic E-state index is -0.0514. The van der Waals surface area contributed by atoms with Gasteiger partial charge in [-0.15, -0.1) is 5.10 Å². The fraction of sp³-hybridized carbons (Fsp3) is 0.357. The van der Waals surface area contributed by atoms with Crippen molar-refractivity contribution in [3.8, 4) is 5.69 Å². The van der Waals surface area contributed by atoms with E-state index in [2.05, 4.69) is 20.8 Å². The Kier molecular flexibility index (Phi) is 2.88. The third-order valence-electron chi connectivity index (χ3n) is 4.33. The normalized spacial score (nSPS) is 23.5. The molecule has 1 aromatic heterocycles. The second-order valence-corrected chi connectivity index (χ2v) is 5.62. The van der Waals surface area contributed by atoms with Gasteiger partial charge in [-0.05, 0) is 34.7 Å². The molecule has 0 saturated carbocycles. The van der Waals surface area contributed by atoms with Gasteiger partial charge in [-0.25, -0.2) is 4.68 Å². The molecule has 2 fully saturated rings. The van der Waals surface area contributed by atoms with Crippen molar-refractivity contribution in [2.45, 2.75) is 0 Å². The Bertz CT molecular complexity index is 711. The van der Waals surface area contributed by atoms with Crippen LogP contribution >= 0.6 is 0 Å². The summed E-state index contributed by atoms with van der Waals surface area (Å²) in [6, 6.07) is 7.11. The molecule has 3 heterocycles. The first kappa shape index (κ1) is 12.9. The van der Waals surface area contributed by atoms with Crippen molar-refractivity contribution >= 4 is 11.8 Å². The number of rotatable bonds is 2. The third kappa shape index (κ3) is 2.03. The molecule has 2 saturated heterocycles. The fourth-order valence-electron chi connectivity index (χ4n) is 3.12. The molecule has 0 unspecified atom stereocenters. The molecule has 2 aliphatic heterocycles. The second-order valence-electron chi connectivity index (χ2n) is 5.62. The predicted octanol–water partition coefficient (Wildman–Crippen LogP) is -0.520. The summed E-state index contributed by atoms with van der Waals surface area (Å²) in [5, 5.41) is 13.8. The van der Waals surface area contributed by atoms with E-state index in [-0.39, 0.29) is 23.7 Å². The smallest absolute Gasteiger partial charge is 0.253 e. The van der Waals surface area contributed by atoms with Crippen LogP contribution in [0.25, 0.3) is 5.69 Å². The van der Waals surface area contributed by atoms with E-state index in [9.17, 15) is 9.59 Å². The van der Waals surface area contributed by atoms with Gasteiger partial charge >= 0.3 is 0 Å². The Labute approximate surface area is 126 Å². The van der Waals surface area contributed by atoms with Crippen molar-refractivity contribution < 1.29 is 9.59 Å². The first-order valence-corrected chi connectivity index (χ1v) is 7.13. The van der Waals surface area contributed by atoms with Crippen LogP contribution in [-0.2, 0) is 4.79 Å². The molecular weight excluding hydrogens is 284 g/mol. The standard InChI is InChI=1S/C14H14N6O2/c21-13-12-7-19(6-10(12)5-15-13)14(22)9-1-3-11(4-2-9)20-8-16-17-18-20/h1-4,8,10,12H,5-7H2,(H,15,21)/t10-,12+/m0/s1. The van der Waals surface area contributed by atoms with Gasteiger partial charge in [0, 0.05) is 31.1 Å². The van der Waals surface area contributed by atoms with Gasteiger partial charge in [-0.2, -0.15) is 0 Å². The van der Waals surface area contributed by atoms with E-state index in [1.165, 1.54) is 11.0 Å². The summed E-state index contributed by atoms with van der Waals surface area (Å²) in [7, 11) is 0. The van der Waals surface area contributed by atoms with Crippen LogP contribution in [0.3, 0.4) is 0 Å². The van der Waals surface area contributed by atoms with Crippen molar-refractivity contribution in [2.24, 2.45) is 11.8 Å². The average Bonchev–Trinajstić information content (AvgIpc) is 3.26. The minimum Gasteiger partial charge on any atom is -0.355 e. The van der Waals surface area contributed by atoms with E-state index in [4.69, 9.17) is 0 Å². The topological polar surface area (TPSA) is 93.0 Å². The lowest BCUT2D eigenvalue weighted by atomic mass is 10.0. The van der Waals surface area contributed by atoms with Crippen molar-refractivity contribution in [3.63, 3.8) is 0 Å². The molecule has 0 aliphatic carbocycles. The largest absolute Gasteiger partial charge is 0.355 e. The monoisotopic (exact) mass is 298 g/mol. The molecule has 2 aromatic rings. The number of hydrogen-bond acceptors (Lipinski definition) is 5. The molecule has 2 amide bonds. The van der Waals surface area contributed by atoms with Gasteiger partial charge in [0.2, 0.25) is 5.91 Å². The van der Waals surface area contributed by atoms with Gasteiger partial charge in [-0.1, -0.05) is 0 Å². The highest BCUT2D eigenvalue weighted by Gasteiger charge is 2.43. The molecule has 2 atom stereocenters. The molecule has 0 radical (unpaired) electrons. The van der Waals surface area contributed by atoms with Crippen molar-refractivity contribution in [1.29, 1.82) is 0 Å². The zero-order chi connectivity index (χ0) is 15.1. The van der Waals surface area contributed by atoms with Crippen LogP contribution in [0.2, 0.25) is 0 Å². The summed E-state index contributed by atoms with van der Waals surface area (Å²) in [6.45, 7) is 1.81. The highest BCUT2D eigenvalue weighted by Crippen LogP contribution is 2.28. The van der Waals surface area contributed by atoms with Crippen molar-refractivity contribution in [2.75, 3.05) is 19.6 Å². The summed E-state index contributed by atoms with van der Waals surface area (Å²) >= 11 is 0. The number of nitrogens with zero attached hydrogens (tertiary/aromatic N) is 5. The lowest BCUT2D eigenvalue weighted by Gasteiger charge is -2.17. The molecule has 0 bridgehead atoms. The number of fused-ring (bicyclic) bond motifs is 1. The number of hydrogen-bond donors (Lipinski definition) is 1. The lowest BCUT2D eigenvalue weighted by Crippen LogP contribution is -2.33. The number of nitrogens with one attached hydrogen (secondary N) is 1. The maximum atomic E-state index is 12.5. The summed E-state index contributed by atoms with van der Waals surface area (Å²) < 4.78 is 1.53. The van der Waals surface area contributed by atoms with E-state index < -0.39 is 0 Å². The molecule has 4 rings (SSSR count). The SMILES string of the molecule is O=C1NC[C@H]2CN(C(=O)c3ccc(-n4cnnn4)cc3)C[C@@H]12. The highest BCUT2D eigenvalue weighted by atomic mass is 16.2. The summed E-state index contributed by atoms with van der Waals surface area (Å²) in [6.07, 6.45) is 1.50. The van der Waals surface area contributed by atoms with Gasteiger partial charge in [0.15, 0.2) is 0 Å². The molecular formula is C14H14N6O2.